The summed E-state index contributed by atoms with van der Waals surface area (Å²) >= 11 is 0. The Hall–Kier alpha value is -1.02. The molecule has 2 heteroatoms. The minimum Gasteiger partial charge on any atom is -0.386 e. The van der Waals surface area contributed by atoms with Crippen molar-refractivity contribution < 1.29 is 5.11 Å². The molecule has 0 aliphatic carbocycles. The van der Waals surface area contributed by atoms with E-state index in [1.807, 2.05) is 32.1 Å². The van der Waals surface area contributed by atoms with Crippen molar-refractivity contribution in [2.24, 2.45) is 0 Å². The molecule has 0 aromatic carbocycles. The van der Waals surface area contributed by atoms with Crippen molar-refractivity contribution in [1.82, 2.24) is 4.57 Å². The van der Waals surface area contributed by atoms with E-state index in [1.54, 1.807) is 0 Å². The zero-order valence-corrected chi connectivity index (χ0v) is 11.3. The Morgan fingerprint density at radius 2 is 1.88 bits per heavy atom. The average molecular weight is 235 g/mol. The summed E-state index contributed by atoms with van der Waals surface area (Å²) in [4.78, 5) is 0. The molecular formula is C15H25NO. The topological polar surface area (TPSA) is 25.2 Å². The molecule has 0 amide bonds. The summed E-state index contributed by atoms with van der Waals surface area (Å²) in [5, 5.41) is 9.74. The second kappa shape index (κ2) is 6.65. The van der Waals surface area contributed by atoms with Crippen LogP contribution in [0.3, 0.4) is 0 Å². The minimum atomic E-state index is -0.726. The second-order valence-electron chi connectivity index (χ2n) is 5.21. The molecule has 96 valence electrons. The predicted molar refractivity (Wildman–Crippen MR) is 73.0 cm³/mol. The molecule has 2 nitrogen and oxygen atoms in total. The molecule has 0 saturated carbocycles. The number of rotatable bonds is 7. The fourth-order valence-electron chi connectivity index (χ4n) is 1.86. The highest BCUT2D eigenvalue weighted by atomic mass is 16.3. The van der Waals surface area contributed by atoms with Gasteiger partial charge in [0.1, 0.15) is 0 Å². The Balaban J connectivity index is 2.63. The average Bonchev–Trinajstić information content (AvgIpc) is 2.75. The van der Waals surface area contributed by atoms with E-state index < -0.39 is 5.60 Å². The van der Waals surface area contributed by atoms with Crippen molar-refractivity contribution in [3.8, 4) is 0 Å². The zero-order valence-electron chi connectivity index (χ0n) is 11.3. The van der Waals surface area contributed by atoms with Crippen LogP contribution in [0.5, 0.6) is 0 Å². The molecule has 1 unspecified atom stereocenters. The van der Waals surface area contributed by atoms with Gasteiger partial charge in [-0.05, 0) is 32.4 Å². The molecule has 1 rings (SSSR count). The molecule has 0 aliphatic rings. The van der Waals surface area contributed by atoms with Crippen LogP contribution in [0.1, 0.15) is 52.5 Å². The first-order valence-corrected chi connectivity index (χ1v) is 6.57. The third kappa shape index (κ3) is 5.73. The van der Waals surface area contributed by atoms with Gasteiger partial charge in [-0.3, -0.25) is 0 Å². The van der Waals surface area contributed by atoms with Crippen LogP contribution in [0, 0.1) is 0 Å². The van der Waals surface area contributed by atoms with Crippen LogP contribution in [0.4, 0.5) is 0 Å². The standard InChI is InChI=1S/C15H25NO/c1-4-5-6-9-14(10-11-15(2,3)17)16-12-7-8-13-16/h7-8,10-14,17H,4-6,9H2,1-3H3/b11-10+. The van der Waals surface area contributed by atoms with E-state index in [2.05, 4.69) is 30.0 Å². The van der Waals surface area contributed by atoms with Crippen molar-refractivity contribution in [2.45, 2.75) is 58.1 Å². The van der Waals surface area contributed by atoms with E-state index in [0.717, 1.165) is 6.42 Å². The quantitative estimate of drug-likeness (QED) is 0.562. The zero-order chi connectivity index (χ0) is 12.7. The molecule has 0 aliphatic heterocycles. The summed E-state index contributed by atoms with van der Waals surface area (Å²) < 4.78 is 2.21. The largest absolute Gasteiger partial charge is 0.386 e. The van der Waals surface area contributed by atoms with Crippen molar-refractivity contribution in [2.75, 3.05) is 0 Å². The van der Waals surface area contributed by atoms with Gasteiger partial charge in [0.15, 0.2) is 0 Å². The van der Waals surface area contributed by atoms with E-state index >= 15 is 0 Å². The minimum absolute atomic E-state index is 0.364. The van der Waals surface area contributed by atoms with Gasteiger partial charge in [-0.15, -0.1) is 0 Å². The summed E-state index contributed by atoms with van der Waals surface area (Å²) in [7, 11) is 0. The highest BCUT2D eigenvalue weighted by Crippen LogP contribution is 2.19. The predicted octanol–water partition coefficient (Wildman–Crippen LogP) is 3.94. The highest BCUT2D eigenvalue weighted by Gasteiger charge is 2.10. The SMILES string of the molecule is CCCCCC(/C=C/C(C)(C)O)n1cccc1. The maximum absolute atomic E-state index is 9.74. The lowest BCUT2D eigenvalue weighted by Crippen LogP contribution is -2.15. The molecule has 0 bridgehead atoms. The Kier molecular flexibility index (Phi) is 5.49. The number of hydrogen-bond acceptors (Lipinski definition) is 1. The third-order valence-corrected chi connectivity index (χ3v) is 2.84. The van der Waals surface area contributed by atoms with Crippen molar-refractivity contribution >= 4 is 0 Å². The Morgan fingerprint density at radius 1 is 1.24 bits per heavy atom. The van der Waals surface area contributed by atoms with Crippen LogP contribution in [-0.2, 0) is 0 Å². The lowest BCUT2D eigenvalue weighted by atomic mass is 10.0. The fraction of sp³-hybridized carbons (Fsp3) is 0.600. The number of aromatic nitrogens is 1. The second-order valence-corrected chi connectivity index (χ2v) is 5.21. The lowest BCUT2D eigenvalue weighted by Gasteiger charge is -2.17. The van der Waals surface area contributed by atoms with Gasteiger partial charge in [0.2, 0.25) is 0 Å². The van der Waals surface area contributed by atoms with Crippen LogP contribution in [0.2, 0.25) is 0 Å². The molecule has 1 aromatic heterocycles. The first kappa shape index (κ1) is 14.0. The van der Waals surface area contributed by atoms with Crippen LogP contribution in [0.25, 0.3) is 0 Å². The number of allylic oxidation sites excluding steroid dienone is 1. The summed E-state index contributed by atoms with van der Waals surface area (Å²) in [6.45, 7) is 5.84. The van der Waals surface area contributed by atoms with Gasteiger partial charge in [0, 0.05) is 12.4 Å². The van der Waals surface area contributed by atoms with Gasteiger partial charge in [-0.1, -0.05) is 38.3 Å². The van der Waals surface area contributed by atoms with Crippen LogP contribution >= 0.6 is 0 Å². The van der Waals surface area contributed by atoms with Gasteiger partial charge < -0.3 is 9.67 Å². The van der Waals surface area contributed by atoms with Crippen molar-refractivity contribution in [3.63, 3.8) is 0 Å². The number of hydrogen-bond donors (Lipinski definition) is 1. The van der Waals surface area contributed by atoms with E-state index in [1.165, 1.54) is 19.3 Å². The molecular weight excluding hydrogens is 210 g/mol. The van der Waals surface area contributed by atoms with E-state index in [4.69, 9.17) is 0 Å². The van der Waals surface area contributed by atoms with Crippen LogP contribution in [-0.4, -0.2) is 15.3 Å². The first-order chi connectivity index (χ1) is 8.03. The number of aliphatic hydroxyl groups is 1. The normalized spacial score (nSPS) is 14.4. The molecule has 1 atom stereocenters. The Labute approximate surface area is 105 Å². The summed E-state index contributed by atoms with van der Waals surface area (Å²) in [5.74, 6) is 0. The molecule has 1 heterocycles. The van der Waals surface area contributed by atoms with Crippen molar-refractivity contribution in [1.29, 1.82) is 0 Å². The number of unbranched alkanes of at least 4 members (excludes halogenated alkanes) is 2. The summed E-state index contributed by atoms with van der Waals surface area (Å²) in [6.07, 6.45) is 13.1. The molecule has 0 spiro atoms. The molecule has 0 saturated heterocycles. The molecule has 1 aromatic rings. The fourth-order valence-corrected chi connectivity index (χ4v) is 1.86. The van der Waals surface area contributed by atoms with Gasteiger partial charge in [-0.25, -0.2) is 0 Å². The van der Waals surface area contributed by atoms with Crippen LogP contribution < -0.4 is 0 Å². The summed E-state index contributed by atoms with van der Waals surface area (Å²) in [6, 6.07) is 4.46. The molecule has 17 heavy (non-hydrogen) atoms. The van der Waals surface area contributed by atoms with Gasteiger partial charge in [0.25, 0.3) is 0 Å². The highest BCUT2D eigenvalue weighted by molar-refractivity contribution is 5.04. The molecule has 0 fully saturated rings. The van der Waals surface area contributed by atoms with Crippen molar-refractivity contribution in [3.05, 3.63) is 36.7 Å². The molecule has 0 radical (unpaired) electrons. The maximum Gasteiger partial charge on any atom is 0.0772 e. The first-order valence-electron chi connectivity index (χ1n) is 6.57. The van der Waals surface area contributed by atoms with Gasteiger partial charge in [-0.2, -0.15) is 0 Å². The lowest BCUT2D eigenvalue weighted by molar-refractivity contribution is 0.132. The Bertz CT molecular complexity index is 319. The maximum atomic E-state index is 9.74. The third-order valence-electron chi connectivity index (χ3n) is 2.84. The van der Waals surface area contributed by atoms with E-state index in [9.17, 15) is 5.11 Å². The summed E-state index contributed by atoms with van der Waals surface area (Å²) in [5.41, 5.74) is -0.726. The van der Waals surface area contributed by atoms with Gasteiger partial charge >= 0.3 is 0 Å². The molecule has 1 N–H and O–H groups in total. The van der Waals surface area contributed by atoms with Crippen LogP contribution in [0.15, 0.2) is 36.7 Å². The number of nitrogens with zero attached hydrogens (tertiary/aromatic N) is 1. The smallest absolute Gasteiger partial charge is 0.0772 e. The van der Waals surface area contributed by atoms with E-state index in [0.29, 0.717) is 6.04 Å². The monoisotopic (exact) mass is 235 g/mol. The Morgan fingerprint density at radius 3 is 2.41 bits per heavy atom. The van der Waals surface area contributed by atoms with Gasteiger partial charge in [0.05, 0.1) is 11.6 Å². The van der Waals surface area contributed by atoms with E-state index in [-0.39, 0.29) is 0 Å².